The number of piperazine rings is 1. The fraction of sp³-hybridized carbons (Fsp3) is 0.444. The van der Waals surface area contributed by atoms with E-state index in [-0.39, 0.29) is 17.2 Å². The van der Waals surface area contributed by atoms with Gasteiger partial charge < -0.3 is 9.80 Å². The Morgan fingerprint density at radius 2 is 1.70 bits per heavy atom. The van der Waals surface area contributed by atoms with Gasteiger partial charge in [-0.05, 0) is 42.4 Å². The Hall–Kier alpha value is -2.99. The van der Waals surface area contributed by atoms with Crippen molar-refractivity contribution in [3.63, 3.8) is 0 Å². The zero-order valence-corrected chi connectivity index (χ0v) is 19.1. The molecule has 1 spiro atoms. The van der Waals surface area contributed by atoms with E-state index < -0.39 is 0 Å². The minimum atomic E-state index is 0.0545. The summed E-state index contributed by atoms with van der Waals surface area (Å²) in [4.78, 5) is 36.3. The summed E-state index contributed by atoms with van der Waals surface area (Å²) in [7, 11) is 0. The molecule has 6 nitrogen and oxygen atoms in total. The lowest BCUT2D eigenvalue weighted by Gasteiger charge is -2.36. The second-order valence-corrected chi connectivity index (χ2v) is 9.59. The monoisotopic (exact) mass is 444 g/mol. The molecule has 1 unspecified atom stereocenters. The van der Waals surface area contributed by atoms with Crippen molar-refractivity contribution < 1.29 is 9.59 Å². The minimum absolute atomic E-state index is 0.0545. The summed E-state index contributed by atoms with van der Waals surface area (Å²) in [5.74, 6) is 0.540. The molecule has 3 aliphatic rings. The van der Waals surface area contributed by atoms with Crippen LogP contribution in [0.4, 0.5) is 0 Å². The van der Waals surface area contributed by atoms with Crippen molar-refractivity contribution in [2.45, 2.75) is 19.3 Å². The molecule has 6 heteroatoms. The number of piperidine rings is 1. The predicted octanol–water partition coefficient (Wildman–Crippen LogP) is 3.18. The molecule has 3 fully saturated rings. The molecule has 1 aromatic carbocycles. The maximum absolute atomic E-state index is 13.2. The van der Waals surface area contributed by atoms with Crippen LogP contribution in [0.15, 0.2) is 60.9 Å². The molecule has 2 aliphatic heterocycles. The lowest BCUT2D eigenvalue weighted by atomic mass is 9.90. The molecule has 0 N–H and O–H groups in total. The van der Waals surface area contributed by atoms with Crippen LogP contribution < -0.4 is 0 Å². The van der Waals surface area contributed by atoms with Gasteiger partial charge >= 0.3 is 0 Å². The lowest BCUT2D eigenvalue weighted by Crippen LogP contribution is -2.49. The van der Waals surface area contributed by atoms with E-state index in [1.54, 1.807) is 18.5 Å². The number of hydrogen-bond acceptors (Lipinski definition) is 4. The summed E-state index contributed by atoms with van der Waals surface area (Å²) in [6, 6.07) is 14.0. The smallest absolute Gasteiger partial charge is 0.255 e. The topological polar surface area (TPSA) is 56.8 Å². The molecule has 5 rings (SSSR count). The molecule has 2 aromatic rings. The van der Waals surface area contributed by atoms with Crippen LogP contribution in [0.1, 0.15) is 35.2 Å². The van der Waals surface area contributed by atoms with E-state index in [0.29, 0.717) is 11.5 Å². The van der Waals surface area contributed by atoms with Crippen LogP contribution in [0.5, 0.6) is 0 Å². The van der Waals surface area contributed by atoms with E-state index in [1.807, 2.05) is 17.0 Å². The number of amides is 2. The van der Waals surface area contributed by atoms with Crippen molar-refractivity contribution in [1.29, 1.82) is 0 Å². The first kappa shape index (κ1) is 21.8. The Morgan fingerprint density at radius 3 is 2.39 bits per heavy atom. The first-order valence-corrected chi connectivity index (χ1v) is 12.1. The van der Waals surface area contributed by atoms with Crippen LogP contribution in [0.2, 0.25) is 0 Å². The van der Waals surface area contributed by atoms with Crippen molar-refractivity contribution in [3.8, 4) is 0 Å². The summed E-state index contributed by atoms with van der Waals surface area (Å²) in [6.07, 6.45) is 10.5. The molecule has 1 saturated carbocycles. The zero-order valence-electron chi connectivity index (χ0n) is 19.1. The summed E-state index contributed by atoms with van der Waals surface area (Å²) >= 11 is 0. The number of rotatable bonds is 5. The Balaban J connectivity index is 1.06. The third-order valence-corrected chi connectivity index (χ3v) is 7.60. The zero-order chi connectivity index (χ0) is 22.7. The molecule has 1 aromatic heterocycles. The van der Waals surface area contributed by atoms with E-state index in [9.17, 15) is 9.59 Å². The van der Waals surface area contributed by atoms with E-state index in [4.69, 9.17) is 0 Å². The highest BCUT2D eigenvalue weighted by atomic mass is 16.2. The van der Waals surface area contributed by atoms with Crippen LogP contribution in [-0.2, 0) is 4.79 Å². The quantitative estimate of drug-likeness (QED) is 0.711. The molecule has 172 valence electrons. The molecule has 2 amide bonds. The van der Waals surface area contributed by atoms with Crippen LogP contribution in [-0.4, -0.2) is 77.3 Å². The molecular formula is C27H32N4O2. The number of benzene rings is 1. The number of nitrogens with zero attached hydrogens (tertiary/aromatic N) is 4. The highest BCUT2D eigenvalue weighted by molar-refractivity contribution is 5.94. The number of pyridine rings is 1. The van der Waals surface area contributed by atoms with Crippen LogP contribution in [0.25, 0.3) is 6.08 Å². The average Bonchev–Trinajstić information content (AvgIpc) is 3.58. The second-order valence-electron chi connectivity index (χ2n) is 9.59. The fourth-order valence-electron chi connectivity index (χ4n) is 5.35. The van der Waals surface area contributed by atoms with Gasteiger partial charge in [-0.1, -0.05) is 42.5 Å². The molecular weight excluding hydrogens is 412 g/mol. The van der Waals surface area contributed by atoms with Gasteiger partial charge in [0.25, 0.3) is 5.91 Å². The molecule has 1 atom stereocenters. The van der Waals surface area contributed by atoms with E-state index in [1.165, 1.54) is 5.56 Å². The second kappa shape index (κ2) is 9.48. The highest BCUT2D eigenvalue weighted by Crippen LogP contribution is 2.60. The maximum atomic E-state index is 13.2. The first-order chi connectivity index (χ1) is 16.1. The van der Waals surface area contributed by atoms with Gasteiger partial charge in [-0.2, -0.15) is 0 Å². The summed E-state index contributed by atoms with van der Waals surface area (Å²) in [5.41, 5.74) is 1.99. The number of hydrogen-bond donors (Lipinski definition) is 0. The lowest BCUT2D eigenvalue weighted by molar-refractivity contribution is -0.135. The third kappa shape index (κ3) is 4.86. The normalized spacial score (nSPS) is 22.6. The predicted molar refractivity (Wildman–Crippen MR) is 128 cm³/mol. The fourth-order valence-corrected chi connectivity index (χ4v) is 5.35. The van der Waals surface area contributed by atoms with E-state index in [2.05, 4.69) is 51.2 Å². The van der Waals surface area contributed by atoms with Crippen LogP contribution >= 0.6 is 0 Å². The molecule has 1 aliphatic carbocycles. The van der Waals surface area contributed by atoms with Gasteiger partial charge in [0.05, 0.1) is 5.56 Å². The van der Waals surface area contributed by atoms with Crippen molar-refractivity contribution >= 4 is 17.9 Å². The van der Waals surface area contributed by atoms with Gasteiger partial charge in [0, 0.05) is 64.1 Å². The molecule has 33 heavy (non-hydrogen) atoms. The standard InChI is InChI=1S/C27H32N4O2/c32-25(23-9-4-12-28-21-23)30-14-10-27(11-15-30)20-24(27)26(33)31-18-16-29(17-19-31)13-5-8-22-6-2-1-3-7-22/h1-9,12,21,24H,10-11,13-20H2/b8-5+. The van der Waals surface area contributed by atoms with Crippen LogP contribution in [0, 0.1) is 11.3 Å². The SMILES string of the molecule is O=C(c1cccnc1)N1CCC2(CC1)CC2C(=O)N1CCN(C/C=C/c2ccccc2)CC1. The highest BCUT2D eigenvalue weighted by Gasteiger charge is 2.59. The number of carbonyl (C=O) groups is 2. The molecule has 2 saturated heterocycles. The Bertz CT molecular complexity index is 991. The average molecular weight is 445 g/mol. The summed E-state index contributed by atoms with van der Waals surface area (Å²) in [5, 5.41) is 0. The number of likely N-dealkylation sites (tertiary alicyclic amines) is 1. The maximum Gasteiger partial charge on any atom is 0.255 e. The number of aromatic nitrogens is 1. The summed E-state index contributed by atoms with van der Waals surface area (Å²) in [6.45, 7) is 5.88. The Labute approximate surface area is 195 Å². The number of carbonyl (C=O) groups excluding carboxylic acids is 2. The third-order valence-electron chi connectivity index (χ3n) is 7.60. The van der Waals surface area contributed by atoms with Crippen molar-refractivity contribution in [2.24, 2.45) is 11.3 Å². The van der Waals surface area contributed by atoms with Gasteiger partial charge in [-0.15, -0.1) is 0 Å². The van der Waals surface area contributed by atoms with Crippen molar-refractivity contribution in [1.82, 2.24) is 19.7 Å². The van der Waals surface area contributed by atoms with Crippen molar-refractivity contribution in [2.75, 3.05) is 45.8 Å². The minimum Gasteiger partial charge on any atom is -0.340 e. The van der Waals surface area contributed by atoms with E-state index in [0.717, 1.165) is 65.1 Å². The first-order valence-electron chi connectivity index (χ1n) is 12.1. The van der Waals surface area contributed by atoms with Crippen molar-refractivity contribution in [3.05, 3.63) is 72.1 Å². The van der Waals surface area contributed by atoms with Gasteiger partial charge in [0.15, 0.2) is 0 Å². The van der Waals surface area contributed by atoms with Gasteiger partial charge in [0.1, 0.15) is 0 Å². The molecule has 0 radical (unpaired) electrons. The van der Waals surface area contributed by atoms with Gasteiger partial charge in [-0.3, -0.25) is 19.5 Å². The largest absolute Gasteiger partial charge is 0.340 e. The van der Waals surface area contributed by atoms with E-state index >= 15 is 0 Å². The summed E-state index contributed by atoms with van der Waals surface area (Å²) < 4.78 is 0. The molecule has 3 heterocycles. The van der Waals surface area contributed by atoms with Crippen LogP contribution in [0.3, 0.4) is 0 Å². The molecule has 0 bridgehead atoms. The van der Waals surface area contributed by atoms with Gasteiger partial charge in [0.2, 0.25) is 5.91 Å². The Kier molecular flexibility index (Phi) is 6.27. The van der Waals surface area contributed by atoms with Gasteiger partial charge in [-0.25, -0.2) is 0 Å². The Morgan fingerprint density at radius 1 is 0.939 bits per heavy atom.